The molecule has 1 aliphatic rings. The second kappa shape index (κ2) is 6.56. The lowest BCUT2D eigenvalue weighted by Gasteiger charge is -2.21. The molecule has 6 heteroatoms. The van der Waals surface area contributed by atoms with Crippen LogP contribution in [0.2, 0.25) is 5.02 Å². The Hall–Kier alpha value is -2.11. The summed E-state index contributed by atoms with van der Waals surface area (Å²) < 4.78 is 39.4. The van der Waals surface area contributed by atoms with Crippen LogP contribution in [0.5, 0.6) is 0 Å². The van der Waals surface area contributed by atoms with Gasteiger partial charge in [0.15, 0.2) is 0 Å². The Bertz CT molecular complexity index is 954. The van der Waals surface area contributed by atoms with Crippen molar-refractivity contribution in [3.8, 4) is 0 Å². The summed E-state index contributed by atoms with van der Waals surface area (Å²) in [6.45, 7) is 0. The fourth-order valence-corrected chi connectivity index (χ4v) is 4.17. The smallest absolute Gasteiger partial charge is 0.373 e. The molecule has 0 spiro atoms. The molecule has 1 aliphatic heterocycles. The van der Waals surface area contributed by atoms with E-state index in [2.05, 4.69) is 5.32 Å². The average molecular weight is 392 g/mol. The zero-order valence-electron chi connectivity index (χ0n) is 13.3. The van der Waals surface area contributed by atoms with E-state index in [-0.39, 0.29) is 6.04 Å². The molecule has 3 aromatic carbocycles. The monoisotopic (exact) mass is 391 g/mol. The zero-order chi connectivity index (χ0) is 18.3. The number of halogens is 4. The number of hydrogen-bond acceptors (Lipinski definition) is 2. The summed E-state index contributed by atoms with van der Waals surface area (Å²) in [6.07, 6.45) is -4.38. The van der Waals surface area contributed by atoms with Gasteiger partial charge < -0.3 is 5.32 Å². The predicted molar refractivity (Wildman–Crippen MR) is 98.9 cm³/mol. The third-order valence-electron chi connectivity index (χ3n) is 4.26. The molecule has 0 aliphatic carbocycles. The summed E-state index contributed by atoms with van der Waals surface area (Å²) in [4.78, 5) is 1.78. The Kier molecular flexibility index (Phi) is 4.37. The fraction of sp³-hybridized carbons (Fsp3) is 0.100. The predicted octanol–water partition coefficient (Wildman–Crippen LogP) is 7.02. The summed E-state index contributed by atoms with van der Waals surface area (Å²) in [5.74, 6) is 0. The van der Waals surface area contributed by atoms with Gasteiger partial charge in [0, 0.05) is 20.5 Å². The van der Waals surface area contributed by atoms with Crippen LogP contribution < -0.4 is 5.32 Å². The van der Waals surface area contributed by atoms with Gasteiger partial charge in [0.05, 0.1) is 11.6 Å². The molecule has 1 nitrogen and oxygen atoms in total. The Morgan fingerprint density at radius 1 is 0.885 bits per heavy atom. The van der Waals surface area contributed by atoms with E-state index in [4.69, 9.17) is 11.6 Å². The molecule has 0 fully saturated rings. The summed E-state index contributed by atoms with van der Waals surface area (Å²) in [7, 11) is 0. The van der Waals surface area contributed by atoms with Crippen molar-refractivity contribution < 1.29 is 13.2 Å². The topological polar surface area (TPSA) is 12.0 Å². The van der Waals surface area contributed by atoms with Gasteiger partial charge in [0.1, 0.15) is 0 Å². The molecule has 26 heavy (non-hydrogen) atoms. The summed E-state index contributed by atoms with van der Waals surface area (Å²) >= 11 is 7.45. The van der Waals surface area contributed by atoms with Gasteiger partial charge in [-0.15, -0.1) is 0 Å². The number of alkyl halides is 3. The molecular formula is C20H13ClF3NS. The molecular weight excluding hydrogens is 379 g/mol. The normalized spacial score (nSPS) is 16.2. The number of nitrogens with one attached hydrogen (secondary N) is 1. The van der Waals surface area contributed by atoms with Crippen molar-refractivity contribution in [2.45, 2.75) is 22.0 Å². The van der Waals surface area contributed by atoms with E-state index >= 15 is 0 Å². The van der Waals surface area contributed by atoms with Crippen LogP contribution in [0.3, 0.4) is 0 Å². The lowest BCUT2D eigenvalue weighted by atomic mass is 9.98. The van der Waals surface area contributed by atoms with Gasteiger partial charge in [0.2, 0.25) is 0 Å². The molecule has 1 unspecified atom stereocenters. The average Bonchev–Trinajstić information content (AvgIpc) is 2.77. The van der Waals surface area contributed by atoms with Gasteiger partial charge >= 0.3 is 6.18 Å². The molecule has 0 amide bonds. The first-order valence-corrected chi connectivity index (χ1v) is 9.11. The first kappa shape index (κ1) is 17.3. The van der Waals surface area contributed by atoms with Gasteiger partial charge in [-0.05, 0) is 47.5 Å². The third-order valence-corrected chi connectivity index (χ3v) is 5.68. The first-order valence-electron chi connectivity index (χ1n) is 7.92. The number of anilines is 1. The van der Waals surface area contributed by atoms with E-state index in [1.165, 1.54) is 23.9 Å². The summed E-state index contributed by atoms with van der Waals surface area (Å²) in [5.41, 5.74) is 1.77. The Morgan fingerprint density at radius 2 is 1.62 bits per heavy atom. The van der Waals surface area contributed by atoms with Crippen molar-refractivity contribution in [1.82, 2.24) is 0 Å². The second-order valence-electron chi connectivity index (χ2n) is 5.98. The van der Waals surface area contributed by atoms with Gasteiger partial charge in [0.25, 0.3) is 0 Å². The Morgan fingerprint density at radius 3 is 2.35 bits per heavy atom. The van der Waals surface area contributed by atoms with Gasteiger partial charge in [-0.1, -0.05) is 53.7 Å². The molecule has 0 radical (unpaired) electrons. The van der Waals surface area contributed by atoms with Crippen molar-refractivity contribution in [3.05, 3.63) is 88.4 Å². The maximum atomic E-state index is 13.1. The van der Waals surface area contributed by atoms with Crippen molar-refractivity contribution in [2.75, 3.05) is 5.32 Å². The van der Waals surface area contributed by atoms with Crippen LogP contribution in [0.15, 0.2) is 76.5 Å². The Balaban J connectivity index is 1.85. The van der Waals surface area contributed by atoms with Crippen LogP contribution in [0.25, 0.3) is 0 Å². The largest absolute Gasteiger partial charge is 0.416 e. The Labute approximate surface area is 158 Å². The molecule has 1 N–H and O–H groups in total. The van der Waals surface area contributed by atoms with E-state index in [9.17, 15) is 13.2 Å². The number of hydrogen-bond donors (Lipinski definition) is 1. The SMILES string of the molecule is FC(F)(F)c1ccc2c(c1)NC(c1ccc(Cl)cc1)c1ccccc1S2. The highest BCUT2D eigenvalue weighted by Gasteiger charge is 2.32. The highest BCUT2D eigenvalue weighted by molar-refractivity contribution is 7.99. The molecule has 0 aromatic heterocycles. The number of rotatable bonds is 1. The minimum Gasteiger partial charge on any atom is -0.373 e. The van der Waals surface area contributed by atoms with Crippen LogP contribution in [-0.2, 0) is 6.18 Å². The lowest BCUT2D eigenvalue weighted by Crippen LogP contribution is -2.13. The maximum Gasteiger partial charge on any atom is 0.416 e. The van der Waals surface area contributed by atoms with E-state index in [1.807, 2.05) is 36.4 Å². The van der Waals surface area contributed by atoms with E-state index in [1.54, 1.807) is 12.1 Å². The highest BCUT2D eigenvalue weighted by Crippen LogP contribution is 2.45. The van der Waals surface area contributed by atoms with Crippen LogP contribution in [0.1, 0.15) is 22.7 Å². The standard InChI is InChI=1S/C20H13ClF3NS/c21-14-8-5-12(6-9-14)19-15-3-1-2-4-17(15)26-18-10-7-13(20(22,23)24)11-16(18)25-19/h1-11,19,25H. The summed E-state index contributed by atoms with van der Waals surface area (Å²) in [5, 5.41) is 3.92. The zero-order valence-corrected chi connectivity index (χ0v) is 14.9. The van der Waals surface area contributed by atoms with Crippen molar-refractivity contribution in [1.29, 1.82) is 0 Å². The minimum atomic E-state index is -4.38. The molecule has 1 heterocycles. The van der Waals surface area contributed by atoms with Crippen LogP contribution >= 0.6 is 23.4 Å². The van der Waals surface area contributed by atoms with E-state index in [0.29, 0.717) is 10.7 Å². The maximum absolute atomic E-state index is 13.1. The second-order valence-corrected chi connectivity index (χ2v) is 7.50. The molecule has 0 saturated heterocycles. The van der Waals surface area contributed by atoms with E-state index in [0.717, 1.165) is 27.0 Å². The quantitative estimate of drug-likeness (QED) is 0.478. The summed E-state index contributed by atoms with van der Waals surface area (Å²) in [6, 6.07) is 18.7. The minimum absolute atomic E-state index is 0.263. The van der Waals surface area contributed by atoms with Crippen LogP contribution in [0.4, 0.5) is 18.9 Å². The van der Waals surface area contributed by atoms with Crippen LogP contribution in [0, 0.1) is 0 Å². The van der Waals surface area contributed by atoms with Gasteiger partial charge in [-0.25, -0.2) is 0 Å². The molecule has 0 saturated carbocycles. The molecule has 132 valence electrons. The first-order chi connectivity index (χ1) is 12.4. The fourth-order valence-electron chi connectivity index (χ4n) is 2.99. The molecule has 1 atom stereocenters. The van der Waals surface area contributed by atoms with Crippen LogP contribution in [-0.4, -0.2) is 0 Å². The van der Waals surface area contributed by atoms with Gasteiger partial charge in [-0.3, -0.25) is 0 Å². The molecule has 0 bridgehead atoms. The van der Waals surface area contributed by atoms with Crippen molar-refractivity contribution in [2.24, 2.45) is 0 Å². The molecule has 4 rings (SSSR count). The third kappa shape index (κ3) is 3.29. The van der Waals surface area contributed by atoms with Crippen molar-refractivity contribution >= 4 is 29.1 Å². The molecule has 3 aromatic rings. The number of benzene rings is 3. The van der Waals surface area contributed by atoms with Gasteiger partial charge in [-0.2, -0.15) is 13.2 Å². The highest BCUT2D eigenvalue weighted by atomic mass is 35.5. The lowest BCUT2D eigenvalue weighted by molar-refractivity contribution is -0.137. The number of fused-ring (bicyclic) bond motifs is 2. The van der Waals surface area contributed by atoms with E-state index < -0.39 is 11.7 Å². The van der Waals surface area contributed by atoms with Crippen molar-refractivity contribution in [3.63, 3.8) is 0 Å².